The summed E-state index contributed by atoms with van der Waals surface area (Å²) < 4.78 is 56.0. The van der Waals surface area contributed by atoms with Crippen LogP contribution in [0.3, 0.4) is 0 Å². The van der Waals surface area contributed by atoms with E-state index in [1.165, 1.54) is 35.0 Å². The molecule has 4 bridgehead atoms. The number of likely N-dealkylation sites (tertiary alicyclic amines) is 3. The first kappa shape index (κ1) is 91.3. The molecule has 0 radical (unpaired) electrons. The summed E-state index contributed by atoms with van der Waals surface area (Å²) in [6, 6.07) is 22.4. The number of nitrogens with zero attached hydrogens (tertiary/aromatic N) is 16. The van der Waals surface area contributed by atoms with Gasteiger partial charge in [-0.15, -0.1) is 0 Å². The highest BCUT2D eigenvalue weighted by atomic mass is 79.9. The summed E-state index contributed by atoms with van der Waals surface area (Å²) in [5.41, 5.74) is 7.63. The quantitative estimate of drug-likeness (QED) is 0.0529. The highest BCUT2D eigenvalue weighted by Gasteiger charge is 2.68. The monoisotopic (exact) mass is 1930 g/mol. The van der Waals surface area contributed by atoms with E-state index in [2.05, 4.69) is 116 Å². The van der Waals surface area contributed by atoms with Gasteiger partial charge in [-0.05, 0) is 168 Å². The minimum atomic E-state index is -1.99. The molecule has 11 aromatic rings. The molecule has 19 rings (SSSR count). The lowest BCUT2D eigenvalue weighted by molar-refractivity contribution is -0.138. The van der Waals surface area contributed by atoms with Crippen molar-refractivity contribution in [2.45, 2.75) is 163 Å². The van der Waals surface area contributed by atoms with Crippen LogP contribution in [0.1, 0.15) is 131 Å². The Morgan fingerprint density at radius 2 is 1.00 bits per heavy atom. The predicted molar refractivity (Wildman–Crippen MR) is 484 cm³/mol. The van der Waals surface area contributed by atoms with Gasteiger partial charge in [0.25, 0.3) is 0 Å². The average molecular weight is 1930 g/mol. The van der Waals surface area contributed by atoms with Crippen LogP contribution in [0.5, 0.6) is 0 Å². The number of aromatic nitrogens is 13. The van der Waals surface area contributed by atoms with Gasteiger partial charge in [-0.2, -0.15) is 15.3 Å². The molecule has 5 N–H and O–H groups in total. The Kier molecular flexibility index (Phi) is 26.3. The van der Waals surface area contributed by atoms with Crippen LogP contribution in [0.2, 0.25) is 0 Å². The van der Waals surface area contributed by atoms with Crippen LogP contribution < -0.4 is 26.6 Å². The van der Waals surface area contributed by atoms with Gasteiger partial charge in [-0.1, -0.05) is 37.3 Å². The molecule has 8 atom stereocenters. The topological polar surface area (TPSA) is 440 Å². The lowest BCUT2D eigenvalue weighted by Gasteiger charge is -2.27. The number of benzene rings is 3. The fourth-order valence-electron chi connectivity index (χ4n) is 18.1. The number of fused-ring (bicyclic) bond motifs is 10. The second-order valence-corrected chi connectivity index (χ2v) is 36.3. The highest BCUT2D eigenvalue weighted by Crippen LogP contribution is 2.61. The van der Waals surface area contributed by atoms with E-state index in [1.807, 2.05) is 69.3 Å². The number of hydrogen-bond donors (Lipinski definition) is 5. The van der Waals surface area contributed by atoms with Gasteiger partial charge in [0.05, 0.1) is 102 Å². The van der Waals surface area contributed by atoms with E-state index in [9.17, 15) is 47.9 Å². The number of ketones is 3. The molecule has 8 aromatic heterocycles. The van der Waals surface area contributed by atoms with Crippen molar-refractivity contribution in [1.82, 2.24) is 84.2 Å². The zero-order valence-electron chi connectivity index (χ0n) is 73.7. The number of urea groups is 1. The number of alkyl halides is 1. The van der Waals surface area contributed by atoms with E-state index in [0.29, 0.717) is 148 Å². The largest absolute Gasteiger partial charge is 0.378 e. The van der Waals surface area contributed by atoms with Crippen molar-refractivity contribution in [3.63, 3.8) is 0 Å². The number of nitrogens with one attached hydrogen (secondary N) is 5. The van der Waals surface area contributed by atoms with Crippen LogP contribution in [0, 0.1) is 38.5 Å². The Bertz CT molecular complexity index is 6370. The van der Waals surface area contributed by atoms with Crippen LogP contribution in [-0.2, 0) is 96.6 Å². The molecule has 6 aliphatic heterocycles. The van der Waals surface area contributed by atoms with E-state index < -0.39 is 35.6 Å². The summed E-state index contributed by atoms with van der Waals surface area (Å²) in [7, 11) is 0. The molecule has 3 aromatic carbocycles. The van der Waals surface area contributed by atoms with Crippen LogP contribution >= 0.6 is 31.9 Å². The Hall–Kier alpha value is -12.6. The van der Waals surface area contributed by atoms with E-state index in [0.717, 1.165) is 51.9 Å². The fraction of sp³-hybridized carbons (Fsp3) is 0.413. The van der Waals surface area contributed by atoms with Gasteiger partial charge in [0.1, 0.15) is 93.2 Å². The first-order valence-corrected chi connectivity index (χ1v) is 44.9. The molecule has 1 spiro atoms. The van der Waals surface area contributed by atoms with Gasteiger partial charge in [0, 0.05) is 126 Å². The molecule has 8 amide bonds. The first-order valence-electron chi connectivity index (χ1n) is 43.3. The van der Waals surface area contributed by atoms with Gasteiger partial charge in [-0.25, -0.2) is 44.1 Å². The van der Waals surface area contributed by atoms with Crippen molar-refractivity contribution < 1.29 is 80.8 Å². The normalized spacial score (nSPS) is 22.5. The van der Waals surface area contributed by atoms with Crippen LogP contribution in [0.4, 0.5) is 32.3 Å². The molecule has 686 valence electrons. The average Bonchev–Trinajstić information content (AvgIpc) is 1.54. The minimum Gasteiger partial charge on any atom is -0.378 e. The summed E-state index contributed by atoms with van der Waals surface area (Å²) in [6.07, 6.45) is 9.18. The van der Waals surface area contributed by atoms with E-state index in [-0.39, 0.29) is 158 Å². The highest BCUT2D eigenvalue weighted by molar-refractivity contribution is 9.10. The van der Waals surface area contributed by atoms with E-state index in [4.69, 9.17) is 28.4 Å². The fourth-order valence-corrected chi connectivity index (χ4v) is 18.7. The van der Waals surface area contributed by atoms with Crippen LogP contribution in [0.15, 0.2) is 119 Å². The second kappa shape index (κ2) is 38.0. The third-order valence-electron chi connectivity index (χ3n) is 25.1. The van der Waals surface area contributed by atoms with Crippen molar-refractivity contribution >= 4 is 147 Å². The van der Waals surface area contributed by atoms with Gasteiger partial charge in [0.15, 0.2) is 23.0 Å². The standard InChI is InChI=1S/C33H34BrN7O6.C32H33BrFN7O6.C27H29N7O4/c1-19(42)30-24-11-21(23-14-35-20(2)36-15-23)3-5-25(24)40(39-30)16-29(43)41-26-12-33(13-27(33)41)18-47-10-8-45-7-9-46-17-22-4-6-28(34)37-31(22)38-32(26)44;1-19(42)29-24-11-21(23-13-35-20(2)36-14-23)3-5-25(24)41(39-29)15-28(43)40-17-32(34)12-26(40)31(44)38-30-22(4-6-27(33)37-30)16-46-9-7-45-8-10-47-18-32;1-13-5-6-14(2)29-24(13)31-25(37)20-9-27(4)10-21(27)34(20)22(36)12-33-19-7-16-11-28-26(38)30-18(16)8-17(19)23(32-33)15(3)35/h3-6,11,14-15,26-27H,7-10,12-13,16-18H2,1-2H3,(H,37,38,44);3-6,11,13-14,26H,7-10,12,15-18H2,1-2H3,(H,37,38,44);5-8,20-21H,9-12H2,1-4H3,(H2,28,30,38)(H,29,31,37)/t26-,27+,33-;26-,32+;20-,21+,27-/m000/s1. The Morgan fingerprint density at radius 1 is 0.500 bits per heavy atom. The van der Waals surface area contributed by atoms with Crippen molar-refractivity contribution in [3.05, 3.63) is 176 Å². The molecule has 2 saturated carbocycles. The summed E-state index contributed by atoms with van der Waals surface area (Å²) >= 11 is 6.73. The molecule has 132 heavy (non-hydrogen) atoms. The third-order valence-corrected chi connectivity index (χ3v) is 26.0. The van der Waals surface area contributed by atoms with Crippen molar-refractivity contribution in [2.75, 3.05) is 93.9 Å². The summed E-state index contributed by atoms with van der Waals surface area (Å²) in [6.45, 7) is 16.2. The van der Waals surface area contributed by atoms with Crippen molar-refractivity contribution in [2.24, 2.45) is 10.8 Å². The molecule has 40 heteroatoms. The van der Waals surface area contributed by atoms with Gasteiger partial charge in [-0.3, -0.25) is 57.2 Å². The number of piperidine rings is 2. The van der Waals surface area contributed by atoms with Gasteiger partial charge >= 0.3 is 6.03 Å². The van der Waals surface area contributed by atoms with Crippen molar-refractivity contribution in [1.29, 1.82) is 0 Å². The number of pyridine rings is 3. The zero-order chi connectivity index (χ0) is 92.8. The predicted octanol–water partition coefficient (Wildman–Crippen LogP) is 10.3. The number of carbonyl (C=O) groups is 10. The van der Waals surface area contributed by atoms with Gasteiger partial charge in [0.2, 0.25) is 35.4 Å². The lowest BCUT2D eigenvalue weighted by Crippen LogP contribution is -2.47. The number of anilines is 4. The maximum Gasteiger partial charge on any atom is 0.319 e. The van der Waals surface area contributed by atoms with Crippen LogP contribution in [-0.4, -0.2) is 246 Å². The number of aryl methyl sites for hydroxylation is 4. The third kappa shape index (κ3) is 19.5. The van der Waals surface area contributed by atoms with Gasteiger partial charge < -0.3 is 69.7 Å². The Labute approximate surface area is 772 Å². The molecule has 3 saturated heterocycles. The smallest absolute Gasteiger partial charge is 0.319 e. The van der Waals surface area contributed by atoms with E-state index >= 15 is 4.39 Å². The SMILES string of the molecule is CC(=O)c1nn(CC(=O)N2C[C@@]3(F)COCCOCCOCc4ccc(Br)nc4NC(=O)[C@@H]2C3)c2ccc(-c3cnc(C)nc3)cc12.CC(=O)c1nn(CC(=O)N2[C@H](C(=O)Nc3nc(C)ccc3C)C[C@@]3(C)C[C@@H]23)c2cc3c(cc12)NC(=O)NC3.CC(=O)c1nn(CC(=O)N2[C@H]3C[C@@]4(COCCOCCOCc5ccc(Br)nc5NC3=O)C[C@@H]24)c2ccc(-c3cnc(C)nc3)cc12. The number of hydrogen-bond acceptors (Lipinski definition) is 26. The Balaban J connectivity index is 0.000000139. The summed E-state index contributed by atoms with van der Waals surface area (Å²) in [5, 5.41) is 29.4. The molecule has 5 fully saturated rings. The molecule has 8 aliphatic rings. The van der Waals surface area contributed by atoms with Crippen LogP contribution in [0.25, 0.3) is 55.0 Å². The van der Waals surface area contributed by atoms with E-state index in [1.54, 1.807) is 82.6 Å². The second-order valence-electron chi connectivity index (χ2n) is 34.7. The summed E-state index contributed by atoms with van der Waals surface area (Å²) in [5.74, 6) is -0.570. The molecule has 0 unspecified atom stereocenters. The molecular weight excluding hydrogens is 1830 g/mol. The molecular formula is C92H96Br2FN21O16. The maximum absolute atomic E-state index is 16.3. The Morgan fingerprint density at radius 3 is 1.55 bits per heavy atom. The summed E-state index contributed by atoms with van der Waals surface area (Å²) in [4.78, 5) is 167. The number of rotatable bonds is 13. The molecule has 37 nitrogen and oxygen atoms in total. The number of carbonyl (C=O) groups excluding carboxylic acids is 10. The lowest BCUT2D eigenvalue weighted by atomic mass is 10.00. The number of halogens is 3. The number of ether oxygens (including phenoxy) is 6. The minimum absolute atomic E-state index is 0.0152. The zero-order valence-corrected chi connectivity index (χ0v) is 76.8. The molecule has 14 heterocycles. The molecule has 2 aliphatic carbocycles. The first-order chi connectivity index (χ1) is 63.4. The number of Topliss-reactive ketones (excluding diaryl/α,β-unsaturated/α-hetero) is 3. The maximum atomic E-state index is 16.3. The number of amides is 8. The van der Waals surface area contributed by atoms with Crippen molar-refractivity contribution in [3.8, 4) is 22.3 Å².